The van der Waals surface area contributed by atoms with E-state index in [0.29, 0.717) is 24.2 Å². The van der Waals surface area contributed by atoms with Crippen molar-refractivity contribution in [1.82, 2.24) is 5.32 Å². The lowest BCUT2D eigenvalue weighted by Crippen LogP contribution is -2.22. The third-order valence-electron chi connectivity index (χ3n) is 2.53. The summed E-state index contributed by atoms with van der Waals surface area (Å²) in [5, 5.41) is 13.9. The van der Waals surface area contributed by atoms with Crippen LogP contribution < -0.4 is 10.1 Å². The average Bonchev–Trinajstić information content (AvgIpc) is 2.33. The Morgan fingerprint density at radius 3 is 2.88 bits per heavy atom. The SMILES string of the molecule is CCOc1cccc(CNCC(C)SC)c1O. The van der Waals surface area contributed by atoms with Crippen LogP contribution in [0.25, 0.3) is 0 Å². The highest BCUT2D eigenvalue weighted by atomic mass is 32.2. The summed E-state index contributed by atoms with van der Waals surface area (Å²) in [6.07, 6.45) is 2.10. The molecule has 2 N–H and O–H groups in total. The number of hydrogen-bond acceptors (Lipinski definition) is 4. The largest absolute Gasteiger partial charge is 0.504 e. The van der Waals surface area contributed by atoms with Crippen LogP contribution >= 0.6 is 11.8 Å². The molecule has 0 fully saturated rings. The summed E-state index contributed by atoms with van der Waals surface area (Å²) in [7, 11) is 0. The van der Waals surface area contributed by atoms with Gasteiger partial charge >= 0.3 is 0 Å². The zero-order valence-corrected chi connectivity index (χ0v) is 11.5. The molecule has 0 aliphatic carbocycles. The van der Waals surface area contributed by atoms with Crippen molar-refractivity contribution in [3.8, 4) is 11.5 Å². The lowest BCUT2D eigenvalue weighted by molar-refractivity contribution is 0.316. The number of phenols is 1. The van der Waals surface area contributed by atoms with Crippen molar-refractivity contribution in [2.24, 2.45) is 0 Å². The van der Waals surface area contributed by atoms with Gasteiger partial charge in [-0.1, -0.05) is 19.1 Å². The number of benzene rings is 1. The van der Waals surface area contributed by atoms with Gasteiger partial charge in [0.25, 0.3) is 0 Å². The minimum Gasteiger partial charge on any atom is -0.504 e. The minimum absolute atomic E-state index is 0.249. The average molecular weight is 255 g/mol. The van der Waals surface area contributed by atoms with Gasteiger partial charge in [-0.2, -0.15) is 11.8 Å². The Morgan fingerprint density at radius 1 is 1.47 bits per heavy atom. The number of thioether (sulfide) groups is 1. The van der Waals surface area contributed by atoms with Gasteiger partial charge in [0.05, 0.1) is 6.61 Å². The van der Waals surface area contributed by atoms with Crippen molar-refractivity contribution in [3.63, 3.8) is 0 Å². The molecule has 0 bridgehead atoms. The topological polar surface area (TPSA) is 41.5 Å². The molecule has 1 rings (SSSR count). The monoisotopic (exact) mass is 255 g/mol. The highest BCUT2D eigenvalue weighted by Crippen LogP contribution is 2.29. The highest BCUT2D eigenvalue weighted by Gasteiger charge is 2.07. The summed E-state index contributed by atoms with van der Waals surface area (Å²) in [6.45, 7) is 6.24. The summed E-state index contributed by atoms with van der Waals surface area (Å²) in [5.41, 5.74) is 0.879. The molecule has 0 aromatic heterocycles. The third kappa shape index (κ3) is 4.48. The number of nitrogens with one attached hydrogen (secondary N) is 1. The fraction of sp³-hybridized carbons (Fsp3) is 0.538. The lowest BCUT2D eigenvalue weighted by Gasteiger charge is -2.12. The van der Waals surface area contributed by atoms with Gasteiger partial charge < -0.3 is 15.2 Å². The van der Waals surface area contributed by atoms with Crippen LogP contribution in [0.5, 0.6) is 11.5 Å². The highest BCUT2D eigenvalue weighted by molar-refractivity contribution is 7.99. The molecule has 17 heavy (non-hydrogen) atoms. The van der Waals surface area contributed by atoms with Crippen LogP contribution in [-0.4, -0.2) is 29.8 Å². The van der Waals surface area contributed by atoms with Gasteiger partial charge in [-0.05, 0) is 19.2 Å². The Hall–Kier alpha value is -0.870. The predicted octanol–water partition coefficient (Wildman–Crippen LogP) is 2.63. The number of ether oxygens (including phenoxy) is 1. The smallest absolute Gasteiger partial charge is 0.162 e. The van der Waals surface area contributed by atoms with Gasteiger partial charge in [0.15, 0.2) is 11.5 Å². The Bertz CT molecular complexity index is 344. The van der Waals surface area contributed by atoms with E-state index in [4.69, 9.17) is 4.74 Å². The Morgan fingerprint density at radius 2 is 2.24 bits per heavy atom. The molecular formula is C13H21NO2S. The second-order valence-corrected chi connectivity index (χ2v) is 5.15. The summed E-state index contributed by atoms with van der Waals surface area (Å²) in [4.78, 5) is 0. The molecule has 0 amide bonds. The van der Waals surface area contributed by atoms with Crippen LogP contribution in [0.1, 0.15) is 19.4 Å². The molecule has 0 radical (unpaired) electrons. The van der Waals surface area contributed by atoms with Gasteiger partial charge in [-0.25, -0.2) is 0 Å². The molecule has 1 aromatic carbocycles. The molecule has 1 aromatic rings. The first-order valence-corrected chi connectivity index (χ1v) is 7.15. The van der Waals surface area contributed by atoms with Gasteiger partial charge in [0.1, 0.15) is 0 Å². The summed E-state index contributed by atoms with van der Waals surface area (Å²) in [5.74, 6) is 0.809. The maximum absolute atomic E-state index is 9.97. The van der Waals surface area contributed by atoms with Gasteiger partial charge in [-0.3, -0.25) is 0 Å². The molecule has 1 atom stereocenters. The number of hydrogen-bond donors (Lipinski definition) is 2. The molecule has 4 heteroatoms. The molecular weight excluding hydrogens is 234 g/mol. The second kappa shape index (κ2) is 7.45. The first-order valence-electron chi connectivity index (χ1n) is 5.86. The van der Waals surface area contributed by atoms with E-state index in [1.54, 1.807) is 6.07 Å². The van der Waals surface area contributed by atoms with E-state index in [9.17, 15) is 5.11 Å². The molecule has 0 aliphatic heterocycles. The van der Waals surface area contributed by atoms with Crippen molar-refractivity contribution >= 4 is 11.8 Å². The molecule has 0 saturated heterocycles. The molecule has 0 heterocycles. The maximum Gasteiger partial charge on any atom is 0.162 e. The Labute approximate surface area is 108 Å². The standard InChI is InChI=1S/C13H21NO2S/c1-4-16-12-7-5-6-11(13(12)15)9-14-8-10(2)17-3/h5-7,10,14-15H,4,8-9H2,1-3H3. The number of aromatic hydroxyl groups is 1. The van der Waals surface area contributed by atoms with Gasteiger partial charge in [0, 0.05) is 23.9 Å². The molecule has 96 valence electrons. The van der Waals surface area contributed by atoms with Gasteiger partial charge in [0.2, 0.25) is 0 Å². The molecule has 1 unspecified atom stereocenters. The zero-order chi connectivity index (χ0) is 12.7. The molecule has 0 spiro atoms. The number of rotatable bonds is 7. The van der Waals surface area contributed by atoms with E-state index in [1.165, 1.54) is 0 Å². The first kappa shape index (κ1) is 14.2. The normalized spacial score (nSPS) is 12.4. The molecule has 3 nitrogen and oxygen atoms in total. The van der Waals surface area contributed by atoms with Crippen LogP contribution in [-0.2, 0) is 6.54 Å². The maximum atomic E-state index is 9.97. The van der Waals surface area contributed by atoms with Crippen LogP contribution in [0.15, 0.2) is 18.2 Å². The third-order valence-corrected chi connectivity index (χ3v) is 3.50. The minimum atomic E-state index is 0.249. The van der Waals surface area contributed by atoms with Crippen LogP contribution in [0.3, 0.4) is 0 Å². The van der Waals surface area contributed by atoms with Crippen LogP contribution in [0, 0.1) is 0 Å². The fourth-order valence-corrected chi connectivity index (χ4v) is 1.76. The quantitative estimate of drug-likeness (QED) is 0.786. The van der Waals surface area contributed by atoms with Crippen molar-refractivity contribution < 1.29 is 9.84 Å². The molecule has 0 saturated carbocycles. The lowest BCUT2D eigenvalue weighted by atomic mass is 10.2. The zero-order valence-electron chi connectivity index (χ0n) is 10.7. The van der Waals surface area contributed by atoms with Crippen molar-refractivity contribution in [2.45, 2.75) is 25.6 Å². The van der Waals surface area contributed by atoms with E-state index < -0.39 is 0 Å². The number of para-hydroxylation sites is 1. The summed E-state index contributed by atoms with van der Waals surface area (Å²) in [6, 6.07) is 5.60. The summed E-state index contributed by atoms with van der Waals surface area (Å²) >= 11 is 1.83. The van der Waals surface area contributed by atoms with Crippen molar-refractivity contribution in [3.05, 3.63) is 23.8 Å². The predicted molar refractivity (Wildman–Crippen MR) is 74.0 cm³/mol. The summed E-state index contributed by atoms with van der Waals surface area (Å²) < 4.78 is 5.34. The first-order chi connectivity index (χ1) is 8.19. The van der Waals surface area contributed by atoms with E-state index in [1.807, 2.05) is 30.8 Å². The number of phenolic OH excluding ortho intramolecular Hbond substituents is 1. The van der Waals surface area contributed by atoms with E-state index >= 15 is 0 Å². The van der Waals surface area contributed by atoms with Crippen molar-refractivity contribution in [2.75, 3.05) is 19.4 Å². The van der Waals surface area contributed by atoms with E-state index in [-0.39, 0.29) is 5.75 Å². The van der Waals surface area contributed by atoms with E-state index in [0.717, 1.165) is 12.1 Å². The van der Waals surface area contributed by atoms with Crippen molar-refractivity contribution in [1.29, 1.82) is 0 Å². The van der Waals surface area contributed by atoms with Gasteiger partial charge in [-0.15, -0.1) is 0 Å². The van der Waals surface area contributed by atoms with E-state index in [2.05, 4.69) is 18.5 Å². The van der Waals surface area contributed by atoms with Crippen LogP contribution in [0.2, 0.25) is 0 Å². The van der Waals surface area contributed by atoms with Crippen LogP contribution in [0.4, 0.5) is 0 Å². The fourth-order valence-electron chi connectivity index (χ4n) is 1.48. The Kier molecular flexibility index (Phi) is 6.22. The molecule has 0 aliphatic rings. The Balaban J connectivity index is 2.56. The second-order valence-electron chi connectivity index (χ2n) is 3.87.